The lowest BCUT2D eigenvalue weighted by Gasteiger charge is -2.27. The number of fused-ring (bicyclic) bond motifs is 1. The Balaban J connectivity index is 2.32. The van der Waals surface area contributed by atoms with Crippen molar-refractivity contribution < 1.29 is 4.74 Å². The van der Waals surface area contributed by atoms with E-state index in [0.717, 1.165) is 24.4 Å². The summed E-state index contributed by atoms with van der Waals surface area (Å²) in [5.74, 6) is 0.794. The van der Waals surface area contributed by atoms with Gasteiger partial charge in [0.15, 0.2) is 5.75 Å². The topological polar surface area (TPSA) is 21.3 Å². The van der Waals surface area contributed by atoms with Gasteiger partial charge >= 0.3 is 0 Å². The maximum absolute atomic E-state index is 6.00. The number of benzene rings is 1. The van der Waals surface area contributed by atoms with Gasteiger partial charge < -0.3 is 10.1 Å². The molecule has 0 bridgehead atoms. The third-order valence-electron chi connectivity index (χ3n) is 2.23. The number of ether oxygens (including phenoxy) is 1. The second-order valence-corrected chi connectivity index (χ2v) is 3.55. The van der Waals surface area contributed by atoms with Crippen molar-refractivity contribution in [2.24, 2.45) is 0 Å². The fraction of sp³-hybridized carbons (Fsp3) is 0.400. The number of hydrogen-bond acceptors (Lipinski definition) is 2. The van der Waals surface area contributed by atoms with Crippen LogP contribution in [0.3, 0.4) is 0 Å². The summed E-state index contributed by atoms with van der Waals surface area (Å²) in [5, 5.41) is 3.98. The first-order chi connectivity index (χ1) is 6.31. The quantitative estimate of drug-likeness (QED) is 0.748. The predicted molar refractivity (Wildman–Crippen MR) is 54.6 cm³/mol. The Morgan fingerprint density at radius 2 is 2.46 bits per heavy atom. The van der Waals surface area contributed by atoms with Crippen LogP contribution in [0.2, 0.25) is 5.02 Å². The lowest BCUT2D eigenvalue weighted by molar-refractivity contribution is 0.202. The number of anilines is 1. The monoisotopic (exact) mass is 197 g/mol. The van der Waals surface area contributed by atoms with Crippen LogP contribution in [0.5, 0.6) is 5.75 Å². The van der Waals surface area contributed by atoms with Gasteiger partial charge in [0, 0.05) is 0 Å². The molecule has 0 unspecified atom stereocenters. The fourth-order valence-electron chi connectivity index (χ4n) is 1.43. The summed E-state index contributed by atoms with van der Waals surface area (Å²) in [7, 11) is 0. The first-order valence-corrected chi connectivity index (χ1v) is 4.88. The van der Waals surface area contributed by atoms with Gasteiger partial charge in [-0.3, -0.25) is 0 Å². The smallest absolute Gasteiger partial charge is 0.161 e. The van der Waals surface area contributed by atoms with Gasteiger partial charge in [-0.05, 0) is 18.6 Å². The van der Waals surface area contributed by atoms with E-state index in [4.69, 9.17) is 16.3 Å². The van der Waals surface area contributed by atoms with Crippen LogP contribution in [-0.4, -0.2) is 12.6 Å². The maximum Gasteiger partial charge on any atom is 0.161 e. The van der Waals surface area contributed by atoms with Crippen LogP contribution in [0.4, 0.5) is 5.69 Å². The van der Waals surface area contributed by atoms with E-state index in [9.17, 15) is 0 Å². The van der Waals surface area contributed by atoms with E-state index in [2.05, 4.69) is 12.2 Å². The van der Waals surface area contributed by atoms with E-state index in [1.54, 1.807) is 0 Å². The van der Waals surface area contributed by atoms with Crippen molar-refractivity contribution in [1.29, 1.82) is 0 Å². The highest BCUT2D eigenvalue weighted by molar-refractivity contribution is 6.32. The second-order valence-electron chi connectivity index (χ2n) is 3.15. The first-order valence-electron chi connectivity index (χ1n) is 4.50. The zero-order valence-corrected chi connectivity index (χ0v) is 8.27. The van der Waals surface area contributed by atoms with Crippen LogP contribution in [0.25, 0.3) is 0 Å². The molecule has 0 fully saturated rings. The Labute approximate surface area is 82.9 Å². The maximum atomic E-state index is 6.00. The van der Waals surface area contributed by atoms with E-state index < -0.39 is 0 Å². The van der Waals surface area contributed by atoms with E-state index in [1.165, 1.54) is 0 Å². The number of halogens is 1. The Kier molecular flexibility index (Phi) is 2.32. The molecular formula is C10H12ClNO. The number of rotatable bonds is 1. The van der Waals surface area contributed by atoms with Gasteiger partial charge in [-0.25, -0.2) is 0 Å². The summed E-state index contributed by atoms with van der Waals surface area (Å²) in [6.07, 6.45) is 1.24. The van der Waals surface area contributed by atoms with Gasteiger partial charge in [-0.1, -0.05) is 24.6 Å². The van der Waals surface area contributed by atoms with Crippen molar-refractivity contribution in [3.8, 4) is 5.75 Å². The molecule has 1 atom stereocenters. The van der Waals surface area contributed by atoms with Gasteiger partial charge in [-0.15, -0.1) is 0 Å². The first kappa shape index (κ1) is 8.70. The largest absolute Gasteiger partial charge is 0.485 e. The molecular weight excluding hydrogens is 186 g/mol. The number of hydrogen-bond donors (Lipinski definition) is 1. The van der Waals surface area contributed by atoms with Gasteiger partial charge in [-0.2, -0.15) is 0 Å². The molecule has 0 saturated carbocycles. The van der Waals surface area contributed by atoms with Crippen LogP contribution < -0.4 is 10.1 Å². The van der Waals surface area contributed by atoms with Gasteiger partial charge in [0.1, 0.15) is 6.10 Å². The Morgan fingerprint density at radius 1 is 1.62 bits per heavy atom. The van der Waals surface area contributed by atoms with Gasteiger partial charge in [0.05, 0.1) is 17.3 Å². The minimum atomic E-state index is 0.243. The zero-order chi connectivity index (χ0) is 9.26. The molecule has 2 nitrogen and oxygen atoms in total. The fourth-order valence-corrected chi connectivity index (χ4v) is 1.65. The highest BCUT2D eigenvalue weighted by atomic mass is 35.5. The van der Waals surface area contributed by atoms with Crippen LogP contribution >= 0.6 is 11.6 Å². The molecule has 1 N–H and O–H groups in total. The van der Waals surface area contributed by atoms with Gasteiger partial charge in [0.25, 0.3) is 0 Å². The third kappa shape index (κ3) is 1.59. The summed E-state index contributed by atoms with van der Waals surface area (Å²) in [5.41, 5.74) is 0.997. The molecule has 0 amide bonds. The molecule has 0 spiro atoms. The molecule has 3 heteroatoms. The summed E-state index contributed by atoms with van der Waals surface area (Å²) < 4.78 is 5.72. The zero-order valence-electron chi connectivity index (χ0n) is 7.51. The Hall–Kier alpha value is -0.890. The van der Waals surface area contributed by atoms with Crippen molar-refractivity contribution >= 4 is 17.3 Å². The summed E-state index contributed by atoms with van der Waals surface area (Å²) >= 11 is 6.00. The van der Waals surface area contributed by atoms with Crippen molar-refractivity contribution in [3.05, 3.63) is 23.2 Å². The molecule has 0 radical (unpaired) electrons. The lowest BCUT2D eigenvalue weighted by atomic mass is 10.2. The number of para-hydroxylation sites is 1. The standard InChI is InChI=1S/C10H12ClNO/c1-2-7-6-12-9-5-3-4-8(11)10(9)13-7/h3-5,7,12H,2,6H2,1H3/t7-/m0/s1. The molecule has 1 aliphatic heterocycles. The molecule has 70 valence electrons. The molecule has 0 saturated heterocycles. The molecule has 0 aliphatic carbocycles. The molecule has 2 rings (SSSR count). The normalized spacial score (nSPS) is 20.0. The van der Waals surface area contributed by atoms with E-state index >= 15 is 0 Å². The molecule has 1 heterocycles. The highest BCUT2D eigenvalue weighted by Crippen LogP contribution is 2.36. The van der Waals surface area contributed by atoms with E-state index in [-0.39, 0.29) is 6.10 Å². The van der Waals surface area contributed by atoms with Crippen molar-refractivity contribution in [2.75, 3.05) is 11.9 Å². The summed E-state index contributed by atoms with van der Waals surface area (Å²) in [6, 6.07) is 5.75. The second kappa shape index (κ2) is 3.46. The van der Waals surface area contributed by atoms with Gasteiger partial charge in [0.2, 0.25) is 0 Å². The van der Waals surface area contributed by atoms with Crippen molar-refractivity contribution in [2.45, 2.75) is 19.4 Å². The highest BCUT2D eigenvalue weighted by Gasteiger charge is 2.19. The SMILES string of the molecule is CC[C@H]1CNc2cccc(Cl)c2O1. The summed E-state index contributed by atoms with van der Waals surface area (Å²) in [6.45, 7) is 2.97. The minimum absolute atomic E-state index is 0.243. The Morgan fingerprint density at radius 3 is 3.23 bits per heavy atom. The van der Waals surface area contributed by atoms with Crippen molar-refractivity contribution in [1.82, 2.24) is 0 Å². The summed E-state index contributed by atoms with van der Waals surface area (Å²) in [4.78, 5) is 0. The van der Waals surface area contributed by atoms with Crippen LogP contribution in [0.1, 0.15) is 13.3 Å². The molecule has 1 aromatic rings. The van der Waals surface area contributed by atoms with Crippen LogP contribution in [0.15, 0.2) is 18.2 Å². The molecule has 1 aromatic carbocycles. The van der Waals surface area contributed by atoms with Crippen molar-refractivity contribution in [3.63, 3.8) is 0 Å². The lowest BCUT2D eigenvalue weighted by Crippen LogP contribution is -2.30. The number of nitrogens with one attached hydrogen (secondary N) is 1. The van der Waals surface area contributed by atoms with E-state index in [1.807, 2.05) is 18.2 Å². The van der Waals surface area contributed by atoms with Crippen LogP contribution in [0, 0.1) is 0 Å². The minimum Gasteiger partial charge on any atom is -0.485 e. The average molecular weight is 198 g/mol. The molecule has 1 aliphatic rings. The van der Waals surface area contributed by atoms with Crippen LogP contribution in [-0.2, 0) is 0 Å². The predicted octanol–water partition coefficient (Wildman–Crippen LogP) is 2.92. The molecule has 13 heavy (non-hydrogen) atoms. The Bertz CT molecular complexity index is 314. The molecule has 0 aromatic heterocycles. The third-order valence-corrected chi connectivity index (χ3v) is 2.52. The average Bonchev–Trinajstić information content (AvgIpc) is 2.18. The van der Waals surface area contributed by atoms with E-state index in [0.29, 0.717) is 5.02 Å².